The lowest BCUT2D eigenvalue weighted by molar-refractivity contribution is 0.354. The van der Waals surface area contributed by atoms with Gasteiger partial charge in [0.05, 0.1) is 14.2 Å². The lowest BCUT2D eigenvalue weighted by Crippen LogP contribution is -2.15. The molecule has 0 unspecified atom stereocenters. The predicted molar refractivity (Wildman–Crippen MR) is 85.8 cm³/mol. The first-order valence-corrected chi connectivity index (χ1v) is 7.04. The van der Waals surface area contributed by atoms with Gasteiger partial charge in [0.15, 0.2) is 11.5 Å². The monoisotopic (exact) mass is 284 g/mol. The molecule has 0 atom stereocenters. The van der Waals surface area contributed by atoms with E-state index in [2.05, 4.69) is 42.9 Å². The van der Waals surface area contributed by atoms with Gasteiger partial charge in [-0.2, -0.15) is 0 Å². The molecule has 0 fully saturated rings. The van der Waals surface area contributed by atoms with Gasteiger partial charge in [-0.1, -0.05) is 35.9 Å². The van der Waals surface area contributed by atoms with Crippen molar-refractivity contribution in [2.24, 2.45) is 0 Å². The fraction of sp³-hybridized carbons (Fsp3) is 0.278. The molecule has 1 radical (unpaired) electrons. The summed E-state index contributed by atoms with van der Waals surface area (Å²) in [5.41, 5.74) is 3.70. The number of aryl methyl sites for hydroxylation is 1. The van der Waals surface area contributed by atoms with Crippen LogP contribution in [-0.2, 0) is 6.54 Å². The maximum atomic E-state index is 5.30. The average Bonchev–Trinajstić information content (AvgIpc) is 2.53. The Labute approximate surface area is 126 Å². The third-order valence-corrected chi connectivity index (χ3v) is 3.34. The van der Waals surface area contributed by atoms with Gasteiger partial charge in [0.25, 0.3) is 0 Å². The minimum Gasteiger partial charge on any atom is -0.493 e. The maximum Gasteiger partial charge on any atom is 0.160 e. The highest BCUT2D eigenvalue weighted by atomic mass is 16.5. The second kappa shape index (κ2) is 7.70. The van der Waals surface area contributed by atoms with E-state index in [0.717, 1.165) is 30.2 Å². The Bertz CT molecular complexity index is 564. The molecule has 0 spiro atoms. The molecule has 0 amide bonds. The molecule has 0 aliphatic rings. The van der Waals surface area contributed by atoms with Crippen molar-refractivity contribution in [2.45, 2.75) is 13.5 Å². The third-order valence-electron chi connectivity index (χ3n) is 3.34. The summed E-state index contributed by atoms with van der Waals surface area (Å²) in [6, 6.07) is 14.5. The van der Waals surface area contributed by atoms with Crippen molar-refractivity contribution in [2.75, 3.05) is 20.8 Å². The van der Waals surface area contributed by atoms with Gasteiger partial charge < -0.3 is 14.8 Å². The van der Waals surface area contributed by atoms with Gasteiger partial charge in [0, 0.05) is 19.5 Å². The van der Waals surface area contributed by atoms with Crippen molar-refractivity contribution >= 4 is 0 Å². The number of ether oxygens (including phenoxy) is 2. The van der Waals surface area contributed by atoms with E-state index in [0.29, 0.717) is 0 Å². The summed E-state index contributed by atoms with van der Waals surface area (Å²) in [5, 5.41) is 3.41. The summed E-state index contributed by atoms with van der Waals surface area (Å²) in [5.74, 6) is 1.51. The van der Waals surface area contributed by atoms with Crippen LogP contribution < -0.4 is 14.8 Å². The van der Waals surface area contributed by atoms with E-state index < -0.39 is 0 Å². The van der Waals surface area contributed by atoms with E-state index in [4.69, 9.17) is 9.47 Å². The van der Waals surface area contributed by atoms with Crippen LogP contribution in [0.3, 0.4) is 0 Å². The van der Waals surface area contributed by atoms with E-state index in [-0.39, 0.29) is 0 Å². The summed E-state index contributed by atoms with van der Waals surface area (Å²) < 4.78 is 10.5. The van der Waals surface area contributed by atoms with Crippen LogP contribution >= 0.6 is 0 Å². The average molecular weight is 284 g/mol. The van der Waals surface area contributed by atoms with Gasteiger partial charge in [-0.3, -0.25) is 0 Å². The molecule has 0 saturated heterocycles. The lowest BCUT2D eigenvalue weighted by atomic mass is 10.1. The lowest BCUT2D eigenvalue weighted by Gasteiger charge is -2.10. The Balaban J connectivity index is 1.82. The van der Waals surface area contributed by atoms with Crippen LogP contribution in [0, 0.1) is 13.3 Å². The number of rotatable bonds is 7. The number of nitrogens with one attached hydrogen (secondary N) is 1. The van der Waals surface area contributed by atoms with Crippen LogP contribution in [0.1, 0.15) is 16.7 Å². The predicted octanol–water partition coefficient (Wildman–Crippen LogP) is 3.35. The fourth-order valence-corrected chi connectivity index (χ4v) is 2.09. The van der Waals surface area contributed by atoms with Crippen LogP contribution in [0.4, 0.5) is 0 Å². The Kier molecular flexibility index (Phi) is 5.64. The molecule has 0 aliphatic carbocycles. The second-order valence-electron chi connectivity index (χ2n) is 4.94. The first-order valence-electron chi connectivity index (χ1n) is 7.04. The minimum atomic E-state index is 0.752. The van der Waals surface area contributed by atoms with Crippen molar-refractivity contribution in [3.63, 3.8) is 0 Å². The first-order chi connectivity index (χ1) is 10.2. The van der Waals surface area contributed by atoms with Gasteiger partial charge in [-0.05, 0) is 30.2 Å². The molecular formula is C18H22NO2. The molecule has 3 heteroatoms. The number of benzene rings is 2. The largest absolute Gasteiger partial charge is 0.493 e. The van der Waals surface area contributed by atoms with E-state index in [1.165, 1.54) is 11.1 Å². The molecule has 0 saturated carbocycles. The van der Waals surface area contributed by atoms with Crippen LogP contribution in [-0.4, -0.2) is 20.8 Å². The molecule has 21 heavy (non-hydrogen) atoms. The van der Waals surface area contributed by atoms with Crippen molar-refractivity contribution in [3.8, 4) is 11.5 Å². The SMILES string of the molecule is COc1ccc([CH]CNCc2ccc(C)cc2)cc1OC. The van der Waals surface area contributed by atoms with Gasteiger partial charge in [0.2, 0.25) is 0 Å². The van der Waals surface area contributed by atoms with Crippen molar-refractivity contribution in [1.82, 2.24) is 5.32 Å². The zero-order valence-corrected chi connectivity index (χ0v) is 12.8. The third kappa shape index (κ3) is 4.50. The highest BCUT2D eigenvalue weighted by Gasteiger charge is 2.04. The van der Waals surface area contributed by atoms with Crippen molar-refractivity contribution in [3.05, 3.63) is 65.6 Å². The van der Waals surface area contributed by atoms with Gasteiger partial charge in [-0.15, -0.1) is 0 Å². The molecule has 0 aromatic heterocycles. The number of hydrogen-bond acceptors (Lipinski definition) is 3. The van der Waals surface area contributed by atoms with Gasteiger partial charge >= 0.3 is 0 Å². The molecule has 0 heterocycles. The van der Waals surface area contributed by atoms with E-state index >= 15 is 0 Å². The van der Waals surface area contributed by atoms with Crippen LogP contribution in [0.25, 0.3) is 0 Å². The van der Waals surface area contributed by atoms with Crippen molar-refractivity contribution < 1.29 is 9.47 Å². The zero-order chi connectivity index (χ0) is 15.1. The number of methoxy groups -OCH3 is 2. The van der Waals surface area contributed by atoms with Crippen LogP contribution in [0.15, 0.2) is 42.5 Å². The van der Waals surface area contributed by atoms with E-state index in [1.807, 2.05) is 18.2 Å². The Morgan fingerprint density at radius 2 is 1.67 bits per heavy atom. The standard InChI is InChI=1S/C18H22NO2/c1-14-4-6-16(7-5-14)13-19-11-10-15-8-9-17(20-2)18(12-15)21-3/h4-10,12,19H,11,13H2,1-3H3. The molecule has 2 aromatic rings. The van der Waals surface area contributed by atoms with Gasteiger partial charge in [0.1, 0.15) is 0 Å². The summed E-state index contributed by atoms with van der Waals surface area (Å²) in [6.07, 6.45) is 2.14. The summed E-state index contributed by atoms with van der Waals surface area (Å²) in [7, 11) is 3.29. The highest BCUT2D eigenvalue weighted by molar-refractivity contribution is 5.44. The summed E-state index contributed by atoms with van der Waals surface area (Å²) in [6.45, 7) is 3.77. The van der Waals surface area contributed by atoms with Crippen LogP contribution in [0.2, 0.25) is 0 Å². The van der Waals surface area contributed by atoms with E-state index in [1.54, 1.807) is 14.2 Å². The summed E-state index contributed by atoms with van der Waals surface area (Å²) in [4.78, 5) is 0. The van der Waals surface area contributed by atoms with E-state index in [9.17, 15) is 0 Å². The molecule has 2 aromatic carbocycles. The number of hydrogen-bond donors (Lipinski definition) is 1. The molecule has 0 aliphatic heterocycles. The van der Waals surface area contributed by atoms with Crippen LogP contribution in [0.5, 0.6) is 11.5 Å². The Morgan fingerprint density at radius 1 is 0.952 bits per heavy atom. The molecule has 2 rings (SSSR count). The smallest absolute Gasteiger partial charge is 0.160 e. The van der Waals surface area contributed by atoms with Gasteiger partial charge in [-0.25, -0.2) is 0 Å². The normalized spacial score (nSPS) is 10.4. The highest BCUT2D eigenvalue weighted by Crippen LogP contribution is 2.27. The Morgan fingerprint density at radius 3 is 2.33 bits per heavy atom. The zero-order valence-electron chi connectivity index (χ0n) is 12.8. The minimum absolute atomic E-state index is 0.752. The summed E-state index contributed by atoms with van der Waals surface area (Å²) >= 11 is 0. The topological polar surface area (TPSA) is 30.5 Å². The van der Waals surface area contributed by atoms with Crippen molar-refractivity contribution in [1.29, 1.82) is 0 Å². The molecule has 1 N–H and O–H groups in total. The first kappa shape index (κ1) is 15.4. The molecule has 0 bridgehead atoms. The molecule has 3 nitrogen and oxygen atoms in total. The Hall–Kier alpha value is -2.00. The quantitative estimate of drug-likeness (QED) is 0.791. The molecular weight excluding hydrogens is 262 g/mol. The second-order valence-corrected chi connectivity index (χ2v) is 4.94. The maximum absolute atomic E-state index is 5.30. The molecule has 111 valence electrons. The fourth-order valence-electron chi connectivity index (χ4n) is 2.09.